The number of rotatable bonds is 5. The van der Waals surface area contributed by atoms with Crippen LogP contribution in [0.5, 0.6) is 0 Å². The summed E-state index contributed by atoms with van der Waals surface area (Å²) in [4.78, 5) is 0. The van der Waals surface area contributed by atoms with Crippen LogP contribution in [0.4, 0.5) is 0 Å². The lowest BCUT2D eigenvalue weighted by Gasteiger charge is -2.04. The van der Waals surface area contributed by atoms with Crippen LogP contribution in [0.15, 0.2) is 36.5 Å². The molecule has 1 fully saturated rings. The Labute approximate surface area is 101 Å². The molecule has 0 unspecified atom stereocenters. The Morgan fingerprint density at radius 1 is 1.18 bits per heavy atom. The van der Waals surface area contributed by atoms with Gasteiger partial charge in [0.1, 0.15) is 0 Å². The first-order valence-corrected chi connectivity index (χ1v) is 6.21. The lowest BCUT2D eigenvalue weighted by atomic mass is 10.1. The van der Waals surface area contributed by atoms with Gasteiger partial charge in [0.25, 0.3) is 0 Å². The molecule has 0 saturated heterocycles. The van der Waals surface area contributed by atoms with Gasteiger partial charge >= 0.3 is 0 Å². The molecule has 3 heteroatoms. The molecular weight excluding hydrogens is 210 g/mol. The van der Waals surface area contributed by atoms with E-state index in [4.69, 9.17) is 0 Å². The van der Waals surface area contributed by atoms with Crippen LogP contribution >= 0.6 is 0 Å². The maximum atomic E-state index is 3.96. The summed E-state index contributed by atoms with van der Waals surface area (Å²) in [6.07, 6.45) is 4.60. The maximum absolute atomic E-state index is 3.96. The molecule has 0 bridgehead atoms. The van der Waals surface area contributed by atoms with Gasteiger partial charge in [-0.2, -0.15) is 5.10 Å². The van der Waals surface area contributed by atoms with Gasteiger partial charge in [0.2, 0.25) is 0 Å². The Bertz CT molecular complexity index is 455. The third-order valence-corrected chi connectivity index (χ3v) is 3.22. The summed E-state index contributed by atoms with van der Waals surface area (Å²) in [6.45, 7) is 2.14. The van der Waals surface area contributed by atoms with Gasteiger partial charge in [0.05, 0.1) is 5.69 Å². The molecule has 1 aliphatic rings. The van der Waals surface area contributed by atoms with Crippen molar-refractivity contribution in [3.63, 3.8) is 0 Å². The highest BCUT2D eigenvalue weighted by atomic mass is 15.1. The van der Waals surface area contributed by atoms with E-state index in [0.29, 0.717) is 0 Å². The molecule has 1 aromatic carbocycles. The molecule has 1 aromatic heterocycles. The summed E-state index contributed by atoms with van der Waals surface area (Å²) in [6, 6.07) is 10.6. The van der Waals surface area contributed by atoms with Crippen molar-refractivity contribution >= 4 is 0 Å². The summed E-state index contributed by atoms with van der Waals surface area (Å²) < 4.78 is 0. The predicted octanol–water partition coefficient (Wildman–Crippen LogP) is 2.58. The molecule has 0 aliphatic heterocycles. The lowest BCUT2D eigenvalue weighted by Crippen LogP contribution is -2.15. The Morgan fingerprint density at radius 2 is 2.00 bits per heavy atom. The smallest absolute Gasteiger partial charge is 0.0650 e. The van der Waals surface area contributed by atoms with E-state index in [1.807, 2.05) is 6.07 Å². The fraction of sp³-hybridized carbons (Fsp3) is 0.357. The Hall–Kier alpha value is -1.61. The molecule has 1 aliphatic carbocycles. The Morgan fingerprint density at radius 3 is 2.65 bits per heavy atom. The third-order valence-electron chi connectivity index (χ3n) is 3.22. The molecule has 0 spiro atoms. The summed E-state index contributed by atoms with van der Waals surface area (Å²) in [5.74, 6) is 0.944. The number of H-pyrrole nitrogens is 1. The first-order valence-electron chi connectivity index (χ1n) is 6.21. The fourth-order valence-corrected chi connectivity index (χ4v) is 1.96. The highest BCUT2D eigenvalue weighted by Crippen LogP contribution is 2.27. The van der Waals surface area contributed by atoms with Gasteiger partial charge in [0, 0.05) is 12.7 Å². The van der Waals surface area contributed by atoms with Crippen LogP contribution in [0.2, 0.25) is 0 Å². The van der Waals surface area contributed by atoms with Crippen molar-refractivity contribution in [1.29, 1.82) is 0 Å². The van der Waals surface area contributed by atoms with Gasteiger partial charge in [0.15, 0.2) is 0 Å². The second-order valence-corrected chi connectivity index (χ2v) is 4.74. The second-order valence-electron chi connectivity index (χ2n) is 4.74. The number of nitrogens with zero attached hydrogens (tertiary/aromatic N) is 1. The van der Waals surface area contributed by atoms with Crippen LogP contribution in [0.25, 0.3) is 11.3 Å². The third kappa shape index (κ3) is 2.74. The van der Waals surface area contributed by atoms with E-state index < -0.39 is 0 Å². The van der Waals surface area contributed by atoms with E-state index in [-0.39, 0.29) is 0 Å². The zero-order valence-electron chi connectivity index (χ0n) is 9.82. The maximum Gasteiger partial charge on any atom is 0.0650 e. The molecule has 0 amide bonds. The van der Waals surface area contributed by atoms with Crippen molar-refractivity contribution < 1.29 is 0 Å². The molecule has 3 nitrogen and oxygen atoms in total. The summed E-state index contributed by atoms with van der Waals surface area (Å²) >= 11 is 0. The van der Waals surface area contributed by atoms with Crippen molar-refractivity contribution in [2.75, 3.05) is 6.54 Å². The largest absolute Gasteiger partial charge is 0.312 e. The lowest BCUT2D eigenvalue weighted by molar-refractivity contribution is 0.639. The number of benzene rings is 1. The summed E-state index contributed by atoms with van der Waals surface area (Å²) in [5.41, 5.74) is 3.60. The van der Waals surface area contributed by atoms with E-state index in [9.17, 15) is 0 Å². The van der Waals surface area contributed by atoms with Gasteiger partial charge in [-0.3, -0.25) is 5.10 Å². The molecule has 1 heterocycles. The van der Waals surface area contributed by atoms with Gasteiger partial charge in [-0.15, -0.1) is 0 Å². The summed E-state index contributed by atoms with van der Waals surface area (Å²) in [5, 5.41) is 10.4. The minimum atomic E-state index is 0.944. The molecule has 0 atom stereocenters. The number of aromatic amines is 1. The normalized spacial score (nSPS) is 15.1. The fourth-order valence-electron chi connectivity index (χ4n) is 1.96. The van der Waals surface area contributed by atoms with Crippen LogP contribution in [-0.4, -0.2) is 16.7 Å². The van der Waals surface area contributed by atoms with Crippen molar-refractivity contribution in [2.45, 2.75) is 19.4 Å². The molecule has 1 saturated carbocycles. The molecule has 3 rings (SSSR count). The first-order chi connectivity index (χ1) is 8.42. The first kappa shape index (κ1) is 10.5. The second kappa shape index (κ2) is 4.72. The number of nitrogens with one attached hydrogen (secondary N) is 2. The average molecular weight is 227 g/mol. The van der Waals surface area contributed by atoms with Crippen molar-refractivity contribution in [3.05, 3.63) is 42.1 Å². The van der Waals surface area contributed by atoms with Crippen molar-refractivity contribution in [1.82, 2.24) is 15.5 Å². The molecule has 2 N–H and O–H groups in total. The van der Waals surface area contributed by atoms with Gasteiger partial charge < -0.3 is 5.32 Å². The van der Waals surface area contributed by atoms with Gasteiger partial charge in [-0.05, 0) is 42.5 Å². The summed E-state index contributed by atoms with van der Waals surface area (Å²) in [7, 11) is 0. The van der Waals surface area contributed by atoms with Crippen LogP contribution in [0.1, 0.15) is 18.4 Å². The highest BCUT2D eigenvalue weighted by molar-refractivity contribution is 5.58. The molecule has 2 aromatic rings. The van der Waals surface area contributed by atoms with Gasteiger partial charge in [-0.1, -0.05) is 24.3 Å². The van der Waals surface area contributed by atoms with Crippen LogP contribution < -0.4 is 5.32 Å². The minimum Gasteiger partial charge on any atom is -0.312 e. The van der Waals surface area contributed by atoms with E-state index >= 15 is 0 Å². The standard InChI is InChI=1S/C14H17N3/c1-2-11(1)9-15-10-12-3-5-13(6-4-12)14-7-8-16-17-14/h3-8,11,15H,1-2,9-10H2,(H,16,17). The number of hydrogen-bond acceptors (Lipinski definition) is 2. The van der Waals surface area contributed by atoms with Crippen LogP contribution in [0, 0.1) is 5.92 Å². The topological polar surface area (TPSA) is 40.7 Å². The van der Waals surface area contributed by atoms with Crippen LogP contribution in [-0.2, 0) is 6.54 Å². The van der Waals surface area contributed by atoms with Crippen LogP contribution in [0.3, 0.4) is 0 Å². The van der Waals surface area contributed by atoms with E-state index in [1.165, 1.54) is 30.5 Å². The average Bonchev–Trinajstić information content (AvgIpc) is 3.03. The number of hydrogen-bond donors (Lipinski definition) is 2. The SMILES string of the molecule is c1cc(-c2ccc(CNCC3CC3)cc2)[nH]n1. The molecule has 88 valence electrons. The Kier molecular flexibility index (Phi) is 2.92. The molecule has 17 heavy (non-hydrogen) atoms. The monoisotopic (exact) mass is 227 g/mol. The Balaban J connectivity index is 1.59. The predicted molar refractivity (Wildman–Crippen MR) is 68.5 cm³/mol. The van der Waals surface area contributed by atoms with E-state index in [0.717, 1.165) is 18.2 Å². The van der Waals surface area contributed by atoms with Gasteiger partial charge in [-0.25, -0.2) is 0 Å². The van der Waals surface area contributed by atoms with Crippen molar-refractivity contribution in [3.8, 4) is 11.3 Å². The highest BCUT2D eigenvalue weighted by Gasteiger charge is 2.19. The zero-order chi connectivity index (χ0) is 11.5. The van der Waals surface area contributed by atoms with Crippen molar-refractivity contribution in [2.24, 2.45) is 5.92 Å². The van der Waals surface area contributed by atoms with E-state index in [2.05, 4.69) is 39.8 Å². The number of aromatic nitrogens is 2. The molecule has 0 radical (unpaired) electrons. The quantitative estimate of drug-likeness (QED) is 0.824. The molecular formula is C14H17N3. The minimum absolute atomic E-state index is 0.944. The van der Waals surface area contributed by atoms with E-state index in [1.54, 1.807) is 6.20 Å². The zero-order valence-corrected chi connectivity index (χ0v) is 9.82.